The molecule has 0 aromatic heterocycles. The summed E-state index contributed by atoms with van der Waals surface area (Å²) in [5.74, 6) is 0.000787. The summed E-state index contributed by atoms with van der Waals surface area (Å²) in [5, 5.41) is 10.2. The van der Waals surface area contributed by atoms with Gasteiger partial charge in [-0.1, -0.05) is 19.4 Å². The van der Waals surface area contributed by atoms with E-state index in [2.05, 4.69) is 0 Å². The molecule has 1 aliphatic rings. The van der Waals surface area contributed by atoms with Gasteiger partial charge in [0, 0.05) is 18.0 Å². The standard InChI is InChI=1S/C12H21NO2/c1-9(2)6-10(14)13-7-11(3,4)12(5,15)8-13/h6,15H,7-8H2,1-5H3. The van der Waals surface area contributed by atoms with E-state index in [4.69, 9.17) is 0 Å². The Morgan fingerprint density at radius 1 is 1.27 bits per heavy atom. The Bertz CT molecular complexity index is 283. The predicted molar refractivity (Wildman–Crippen MR) is 60.4 cm³/mol. The number of allylic oxidation sites excluding steroid dienone is 1. The molecule has 3 nitrogen and oxygen atoms in total. The second kappa shape index (κ2) is 3.63. The Labute approximate surface area is 91.8 Å². The molecule has 1 N–H and O–H groups in total. The fraction of sp³-hybridized carbons (Fsp3) is 0.750. The first-order chi connectivity index (χ1) is 6.66. The first-order valence-electron chi connectivity index (χ1n) is 5.32. The molecule has 0 radical (unpaired) electrons. The zero-order valence-electron chi connectivity index (χ0n) is 10.3. The lowest BCUT2D eigenvalue weighted by Crippen LogP contribution is -2.40. The minimum Gasteiger partial charge on any atom is -0.388 e. The van der Waals surface area contributed by atoms with Crippen LogP contribution in [0.15, 0.2) is 11.6 Å². The van der Waals surface area contributed by atoms with Gasteiger partial charge in [0.1, 0.15) is 0 Å². The smallest absolute Gasteiger partial charge is 0.246 e. The molecule has 0 aliphatic carbocycles. The number of nitrogens with zero attached hydrogens (tertiary/aromatic N) is 1. The highest BCUT2D eigenvalue weighted by molar-refractivity contribution is 5.88. The van der Waals surface area contributed by atoms with Crippen LogP contribution in [0.3, 0.4) is 0 Å². The minimum absolute atomic E-state index is 0.000787. The molecule has 1 saturated heterocycles. The van der Waals surface area contributed by atoms with Crippen molar-refractivity contribution in [2.75, 3.05) is 13.1 Å². The summed E-state index contributed by atoms with van der Waals surface area (Å²) in [6.45, 7) is 10.6. The molecule has 1 rings (SSSR count). The number of likely N-dealkylation sites (tertiary alicyclic amines) is 1. The van der Waals surface area contributed by atoms with E-state index < -0.39 is 5.60 Å². The van der Waals surface area contributed by atoms with Gasteiger partial charge in [-0.25, -0.2) is 0 Å². The monoisotopic (exact) mass is 211 g/mol. The number of rotatable bonds is 1. The Morgan fingerprint density at radius 2 is 1.80 bits per heavy atom. The number of amides is 1. The Morgan fingerprint density at radius 3 is 2.13 bits per heavy atom. The average Bonchev–Trinajstić information content (AvgIpc) is 2.20. The number of hydrogen-bond donors (Lipinski definition) is 1. The van der Waals surface area contributed by atoms with E-state index in [0.29, 0.717) is 13.1 Å². The topological polar surface area (TPSA) is 40.5 Å². The summed E-state index contributed by atoms with van der Waals surface area (Å²) in [6, 6.07) is 0. The summed E-state index contributed by atoms with van der Waals surface area (Å²) >= 11 is 0. The lowest BCUT2D eigenvalue weighted by atomic mass is 9.79. The Kier molecular flexibility index (Phi) is 2.97. The SMILES string of the molecule is CC(C)=CC(=O)N1CC(C)(C)C(C)(O)C1. The van der Waals surface area contributed by atoms with Crippen LogP contribution in [-0.4, -0.2) is 34.6 Å². The molecule has 0 spiro atoms. The summed E-state index contributed by atoms with van der Waals surface area (Å²) in [6.07, 6.45) is 1.62. The Balaban J connectivity index is 2.80. The molecule has 1 amide bonds. The third kappa shape index (κ3) is 2.40. The molecule has 1 fully saturated rings. The summed E-state index contributed by atoms with van der Waals surface area (Å²) < 4.78 is 0. The van der Waals surface area contributed by atoms with Crippen molar-refractivity contribution in [3.63, 3.8) is 0 Å². The van der Waals surface area contributed by atoms with Gasteiger partial charge in [0.15, 0.2) is 0 Å². The molecule has 0 saturated carbocycles. The van der Waals surface area contributed by atoms with Crippen LogP contribution in [0.4, 0.5) is 0 Å². The first kappa shape index (κ1) is 12.2. The third-order valence-electron chi connectivity index (χ3n) is 3.27. The maximum Gasteiger partial charge on any atom is 0.246 e. The van der Waals surface area contributed by atoms with Crippen LogP contribution in [0, 0.1) is 5.41 Å². The van der Waals surface area contributed by atoms with E-state index in [1.807, 2.05) is 27.7 Å². The normalized spacial score (nSPS) is 29.1. The fourth-order valence-corrected chi connectivity index (χ4v) is 1.78. The predicted octanol–water partition coefficient (Wildman–Crippen LogP) is 1.57. The second-order valence-corrected chi connectivity index (χ2v) is 5.57. The van der Waals surface area contributed by atoms with Crippen molar-refractivity contribution in [2.45, 2.75) is 40.2 Å². The maximum atomic E-state index is 11.8. The molecule has 15 heavy (non-hydrogen) atoms. The van der Waals surface area contributed by atoms with Crippen LogP contribution in [0.2, 0.25) is 0 Å². The summed E-state index contributed by atoms with van der Waals surface area (Å²) in [7, 11) is 0. The maximum absolute atomic E-state index is 11.8. The number of aliphatic hydroxyl groups is 1. The fourth-order valence-electron chi connectivity index (χ4n) is 1.78. The highest BCUT2D eigenvalue weighted by Crippen LogP contribution is 2.38. The van der Waals surface area contributed by atoms with Crippen molar-refractivity contribution < 1.29 is 9.90 Å². The zero-order chi connectivity index (χ0) is 11.9. The van der Waals surface area contributed by atoms with Gasteiger partial charge in [-0.2, -0.15) is 0 Å². The highest BCUT2D eigenvalue weighted by atomic mass is 16.3. The zero-order valence-corrected chi connectivity index (χ0v) is 10.3. The minimum atomic E-state index is -0.794. The van der Waals surface area contributed by atoms with E-state index in [-0.39, 0.29) is 11.3 Å². The van der Waals surface area contributed by atoms with Gasteiger partial charge in [-0.15, -0.1) is 0 Å². The lowest BCUT2D eigenvalue weighted by molar-refractivity contribution is -0.125. The summed E-state index contributed by atoms with van der Waals surface area (Å²) in [5.41, 5.74) is -0.0413. The molecular formula is C12H21NO2. The quantitative estimate of drug-likeness (QED) is 0.669. The van der Waals surface area contributed by atoms with E-state index in [0.717, 1.165) is 5.57 Å². The van der Waals surface area contributed by atoms with E-state index in [1.165, 1.54) is 0 Å². The number of carbonyl (C=O) groups is 1. The molecule has 1 aliphatic heterocycles. The highest BCUT2D eigenvalue weighted by Gasteiger charge is 2.48. The van der Waals surface area contributed by atoms with E-state index in [9.17, 15) is 9.90 Å². The molecule has 0 aromatic rings. The third-order valence-corrected chi connectivity index (χ3v) is 3.27. The Hall–Kier alpha value is -0.830. The van der Waals surface area contributed by atoms with Gasteiger partial charge in [0.2, 0.25) is 5.91 Å². The van der Waals surface area contributed by atoms with Crippen LogP contribution in [0.25, 0.3) is 0 Å². The van der Waals surface area contributed by atoms with Crippen molar-refractivity contribution >= 4 is 5.91 Å². The van der Waals surface area contributed by atoms with Crippen LogP contribution in [-0.2, 0) is 4.79 Å². The van der Waals surface area contributed by atoms with Gasteiger partial charge >= 0.3 is 0 Å². The average molecular weight is 211 g/mol. The summed E-state index contributed by atoms with van der Waals surface area (Å²) in [4.78, 5) is 13.5. The van der Waals surface area contributed by atoms with Crippen molar-refractivity contribution in [1.82, 2.24) is 4.90 Å². The molecule has 1 unspecified atom stereocenters. The largest absolute Gasteiger partial charge is 0.388 e. The molecule has 3 heteroatoms. The van der Waals surface area contributed by atoms with Gasteiger partial charge in [0.05, 0.1) is 12.1 Å². The van der Waals surface area contributed by atoms with Gasteiger partial charge in [-0.3, -0.25) is 4.79 Å². The van der Waals surface area contributed by atoms with Crippen molar-refractivity contribution in [3.05, 3.63) is 11.6 Å². The molecule has 0 aromatic carbocycles. The second-order valence-electron chi connectivity index (χ2n) is 5.57. The van der Waals surface area contributed by atoms with E-state index in [1.54, 1.807) is 17.9 Å². The van der Waals surface area contributed by atoms with Crippen LogP contribution in [0.1, 0.15) is 34.6 Å². The molecule has 0 bridgehead atoms. The van der Waals surface area contributed by atoms with Gasteiger partial charge in [0.25, 0.3) is 0 Å². The van der Waals surface area contributed by atoms with Crippen LogP contribution >= 0.6 is 0 Å². The molecule has 86 valence electrons. The lowest BCUT2D eigenvalue weighted by Gasteiger charge is -2.30. The molecule has 1 heterocycles. The van der Waals surface area contributed by atoms with Crippen molar-refractivity contribution in [3.8, 4) is 0 Å². The van der Waals surface area contributed by atoms with Gasteiger partial charge in [-0.05, 0) is 20.8 Å². The number of β-amino-alcohol motifs (C(OH)–C–C–N with tert-alkyl or cyclic N) is 1. The van der Waals surface area contributed by atoms with Crippen molar-refractivity contribution in [1.29, 1.82) is 0 Å². The molecular weight excluding hydrogens is 190 g/mol. The van der Waals surface area contributed by atoms with Crippen LogP contribution in [0.5, 0.6) is 0 Å². The van der Waals surface area contributed by atoms with Gasteiger partial charge < -0.3 is 10.0 Å². The van der Waals surface area contributed by atoms with E-state index >= 15 is 0 Å². The first-order valence-corrected chi connectivity index (χ1v) is 5.32. The number of hydrogen-bond acceptors (Lipinski definition) is 2. The van der Waals surface area contributed by atoms with Crippen LogP contribution < -0.4 is 0 Å². The number of carbonyl (C=O) groups excluding carboxylic acids is 1. The molecule has 1 atom stereocenters. The van der Waals surface area contributed by atoms with Crippen molar-refractivity contribution in [2.24, 2.45) is 5.41 Å².